The van der Waals surface area contributed by atoms with Crippen LogP contribution in [-0.4, -0.2) is 12.0 Å². The minimum Gasteiger partial charge on any atom is -0.409 e. The van der Waals surface area contributed by atoms with Gasteiger partial charge >= 0.3 is 6.92 Å². The van der Waals surface area contributed by atoms with Gasteiger partial charge in [-0.05, 0) is 24.8 Å². The predicted octanol–water partition coefficient (Wildman–Crippen LogP) is 3.36. The van der Waals surface area contributed by atoms with Crippen LogP contribution in [0.5, 0.6) is 0 Å². The molecular weight excluding hydrogens is 322 g/mol. The van der Waals surface area contributed by atoms with Gasteiger partial charge in [-0.25, -0.2) is 0 Å². The minimum atomic E-state index is -0.698. The standard InChI is InChI=1S/C15H16BClO.BrH/c1-15(2,17)18-16(13-9-5-3-6-10-13)14-11-7-4-8-12-14;/h3-12H,1-2H3;1H. The molecule has 0 bridgehead atoms. The average molecular weight is 339 g/mol. The Morgan fingerprint density at radius 1 is 0.842 bits per heavy atom. The highest BCUT2D eigenvalue weighted by Gasteiger charge is 2.27. The molecule has 0 saturated carbocycles. The Morgan fingerprint density at radius 2 is 1.21 bits per heavy atom. The first-order chi connectivity index (χ1) is 8.56. The van der Waals surface area contributed by atoms with Crippen molar-refractivity contribution in [3.05, 3.63) is 60.7 Å². The molecule has 0 amide bonds. The molecule has 4 heteroatoms. The molecule has 0 aliphatic heterocycles. The highest BCUT2D eigenvalue weighted by molar-refractivity contribution is 8.93. The summed E-state index contributed by atoms with van der Waals surface area (Å²) in [5, 5.41) is -0.698. The van der Waals surface area contributed by atoms with Crippen LogP contribution in [0.3, 0.4) is 0 Å². The monoisotopic (exact) mass is 338 g/mol. The van der Waals surface area contributed by atoms with Crippen molar-refractivity contribution in [3.8, 4) is 0 Å². The van der Waals surface area contributed by atoms with E-state index in [4.69, 9.17) is 16.3 Å². The quantitative estimate of drug-likeness (QED) is 0.613. The molecule has 0 aliphatic rings. The molecule has 0 heterocycles. The number of alkyl halides is 1. The van der Waals surface area contributed by atoms with Gasteiger partial charge in [0, 0.05) is 0 Å². The van der Waals surface area contributed by atoms with Gasteiger partial charge < -0.3 is 4.65 Å². The Labute approximate surface area is 130 Å². The van der Waals surface area contributed by atoms with Crippen LogP contribution < -0.4 is 10.9 Å². The summed E-state index contributed by atoms with van der Waals surface area (Å²) in [6.45, 7) is 3.57. The van der Waals surface area contributed by atoms with E-state index < -0.39 is 5.06 Å². The van der Waals surface area contributed by atoms with Crippen molar-refractivity contribution >= 4 is 46.4 Å². The van der Waals surface area contributed by atoms with Crippen molar-refractivity contribution in [2.75, 3.05) is 0 Å². The lowest BCUT2D eigenvalue weighted by Crippen LogP contribution is -2.48. The van der Waals surface area contributed by atoms with E-state index in [1.165, 1.54) is 0 Å². The van der Waals surface area contributed by atoms with E-state index in [9.17, 15) is 0 Å². The van der Waals surface area contributed by atoms with Gasteiger partial charge in [0.15, 0.2) is 0 Å². The first kappa shape index (κ1) is 16.3. The largest absolute Gasteiger partial charge is 0.409 e. The highest BCUT2D eigenvalue weighted by atomic mass is 79.9. The van der Waals surface area contributed by atoms with Crippen LogP contribution >= 0.6 is 28.6 Å². The lowest BCUT2D eigenvalue weighted by molar-refractivity contribution is 0.207. The average Bonchev–Trinajstić information content (AvgIpc) is 2.37. The summed E-state index contributed by atoms with van der Waals surface area (Å²) in [4.78, 5) is 0. The first-order valence-corrected chi connectivity index (χ1v) is 6.41. The molecule has 0 fully saturated rings. The molecule has 0 unspecified atom stereocenters. The molecule has 0 saturated heterocycles. The van der Waals surface area contributed by atoms with Crippen molar-refractivity contribution in [2.24, 2.45) is 0 Å². The molecule has 0 aliphatic carbocycles. The number of halogens is 2. The van der Waals surface area contributed by atoms with Gasteiger partial charge in [0.1, 0.15) is 5.06 Å². The van der Waals surface area contributed by atoms with Gasteiger partial charge in [0.2, 0.25) is 0 Å². The van der Waals surface area contributed by atoms with E-state index in [1.807, 2.05) is 50.2 Å². The second kappa shape index (κ2) is 7.13. The normalized spacial score (nSPS) is 10.7. The summed E-state index contributed by atoms with van der Waals surface area (Å²) in [7, 11) is 0. The Morgan fingerprint density at radius 3 is 1.53 bits per heavy atom. The number of benzene rings is 2. The zero-order valence-electron chi connectivity index (χ0n) is 11.0. The van der Waals surface area contributed by atoms with Crippen LogP contribution in [0, 0.1) is 0 Å². The summed E-state index contributed by atoms with van der Waals surface area (Å²) in [6, 6.07) is 20.3. The third-order valence-corrected chi connectivity index (χ3v) is 2.69. The molecule has 2 rings (SSSR count). The SMILES string of the molecule is Br.CC(C)(Cl)OB(c1ccccc1)c1ccccc1. The summed E-state index contributed by atoms with van der Waals surface area (Å²) in [5.74, 6) is 0. The Kier molecular flexibility index (Phi) is 6.12. The molecule has 0 spiro atoms. The number of rotatable bonds is 4. The maximum absolute atomic E-state index is 6.21. The number of hydrogen-bond acceptors (Lipinski definition) is 1. The molecule has 0 atom stereocenters. The zero-order valence-corrected chi connectivity index (χ0v) is 13.5. The zero-order chi connectivity index (χ0) is 13.0. The second-order valence-corrected chi connectivity index (χ2v) is 5.59. The van der Waals surface area contributed by atoms with E-state index in [0.29, 0.717) is 0 Å². The minimum absolute atomic E-state index is 0. The molecule has 0 N–H and O–H groups in total. The molecule has 19 heavy (non-hydrogen) atoms. The fourth-order valence-corrected chi connectivity index (χ4v) is 1.95. The third-order valence-electron chi connectivity index (χ3n) is 2.60. The lowest BCUT2D eigenvalue weighted by Gasteiger charge is -2.24. The molecule has 1 nitrogen and oxygen atoms in total. The van der Waals surface area contributed by atoms with Gasteiger partial charge in [-0.1, -0.05) is 72.3 Å². The van der Waals surface area contributed by atoms with Crippen molar-refractivity contribution in [2.45, 2.75) is 18.9 Å². The third kappa shape index (κ3) is 5.02. The van der Waals surface area contributed by atoms with E-state index >= 15 is 0 Å². The maximum atomic E-state index is 6.21. The van der Waals surface area contributed by atoms with Crippen LogP contribution in [0.4, 0.5) is 0 Å². The lowest BCUT2D eigenvalue weighted by atomic mass is 9.55. The van der Waals surface area contributed by atoms with Crippen LogP contribution in [0.2, 0.25) is 0 Å². The van der Waals surface area contributed by atoms with Crippen LogP contribution in [-0.2, 0) is 4.65 Å². The molecule has 100 valence electrons. The van der Waals surface area contributed by atoms with Gasteiger partial charge in [0.25, 0.3) is 0 Å². The topological polar surface area (TPSA) is 9.23 Å². The Balaban J connectivity index is 0.00000180. The van der Waals surface area contributed by atoms with E-state index in [-0.39, 0.29) is 23.9 Å². The molecule has 0 radical (unpaired) electrons. The van der Waals surface area contributed by atoms with Gasteiger partial charge in [-0.15, -0.1) is 17.0 Å². The van der Waals surface area contributed by atoms with E-state index in [0.717, 1.165) is 10.9 Å². The van der Waals surface area contributed by atoms with Gasteiger partial charge in [-0.3, -0.25) is 0 Å². The van der Waals surface area contributed by atoms with Crippen LogP contribution in [0.1, 0.15) is 13.8 Å². The summed E-state index contributed by atoms with van der Waals surface area (Å²) < 4.78 is 5.98. The Bertz CT molecular complexity index is 445. The summed E-state index contributed by atoms with van der Waals surface area (Å²) in [5.41, 5.74) is 2.22. The van der Waals surface area contributed by atoms with E-state index in [1.54, 1.807) is 0 Å². The smallest absolute Gasteiger partial charge is 0.362 e. The first-order valence-electron chi connectivity index (χ1n) is 6.03. The van der Waals surface area contributed by atoms with Crippen molar-refractivity contribution in [1.82, 2.24) is 0 Å². The van der Waals surface area contributed by atoms with Crippen LogP contribution in [0.15, 0.2) is 60.7 Å². The van der Waals surface area contributed by atoms with Crippen molar-refractivity contribution in [1.29, 1.82) is 0 Å². The van der Waals surface area contributed by atoms with Gasteiger partial charge in [-0.2, -0.15) is 0 Å². The van der Waals surface area contributed by atoms with Crippen molar-refractivity contribution in [3.63, 3.8) is 0 Å². The number of hydrogen-bond donors (Lipinski definition) is 0. The molecule has 0 aromatic heterocycles. The molecular formula is C15H17BBrClO. The fraction of sp³-hybridized carbons (Fsp3) is 0.200. The summed E-state index contributed by atoms with van der Waals surface area (Å²) in [6.07, 6.45) is 0. The summed E-state index contributed by atoms with van der Waals surface area (Å²) >= 11 is 6.21. The second-order valence-electron chi connectivity index (χ2n) is 4.68. The van der Waals surface area contributed by atoms with Crippen molar-refractivity contribution < 1.29 is 4.65 Å². The molecule has 2 aromatic carbocycles. The van der Waals surface area contributed by atoms with Gasteiger partial charge in [0.05, 0.1) is 0 Å². The highest BCUT2D eigenvalue weighted by Crippen LogP contribution is 2.15. The predicted molar refractivity (Wildman–Crippen MR) is 89.2 cm³/mol. The fourth-order valence-electron chi connectivity index (χ4n) is 1.86. The van der Waals surface area contributed by atoms with E-state index in [2.05, 4.69) is 24.3 Å². The maximum Gasteiger partial charge on any atom is 0.362 e. The molecule has 2 aromatic rings. The van der Waals surface area contributed by atoms with Crippen LogP contribution in [0.25, 0.3) is 0 Å². The Hall–Kier alpha value is -0.765.